The lowest BCUT2D eigenvalue weighted by Crippen LogP contribution is -2.64. The zero-order valence-corrected chi connectivity index (χ0v) is 31.4. The van der Waals surface area contributed by atoms with Gasteiger partial charge in [0.15, 0.2) is 16.6 Å². The third kappa shape index (κ3) is 8.89. The number of aldehydes is 1. The predicted molar refractivity (Wildman–Crippen MR) is 176 cm³/mol. The van der Waals surface area contributed by atoms with Gasteiger partial charge < -0.3 is 32.6 Å². The second-order valence-electron chi connectivity index (χ2n) is 15.7. The fourth-order valence-electron chi connectivity index (χ4n) is 5.35. The van der Waals surface area contributed by atoms with Gasteiger partial charge in [0.2, 0.25) is 5.79 Å². The molecule has 2 aliphatic heterocycles. The number of carbonyl (C=O) groups excluding carboxylic acids is 2. The maximum Gasteiger partial charge on any atom is 0.311 e. The standard InChI is InChI=1S/C33H62O8Si2/c1-15-25-27(39-30(35)24(3)26(18-16-17-20-34)40-42(11,12)31(4,5)6)22-28(38-25)33(36-10)29(23(2)19-21-37-33)41-43(13,14)32(7,8)9/h15,20,23-29H,1,16-19,21-22H2,2-14H3/t23-,24-,25-,26+,27-,28+,29-,33-/m1/s1. The van der Waals surface area contributed by atoms with Crippen LogP contribution in [-0.4, -0.2) is 78.9 Å². The van der Waals surface area contributed by atoms with Crippen molar-refractivity contribution in [1.29, 1.82) is 0 Å². The molecule has 0 N–H and O–H groups in total. The van der Waals surface area contributed by atoms with Crippen LogP contribution >= 0.6 is 0 Å². The van der Waals surface area contributed by atoms with Crippen molar-refractivity contribution < 1.29 is 37.4 Å². The molecule has 0 unspecified atom stereocenters. The summed E-state index contributed by atoms with van der Waals surface area (Å²) in [5.41, 5.74) is 0. The average molecular weight is 643 g/mol. The summed E-state index contributed by atoms with van der Waals surface area (Å²) in [5, 5.41) is -0.0125. The van der Waals surface area contributed by atoms with Gasteiger partial charge >= 0.3 is 5.97 Å². The lowest BCUT2D eigenvalue weighted by atomic mass is 9.87. The summed E-state index contributed by atoms with van der Waals surface area (Å²) < 4.78 is 39.0. The van der Waals surface area contributed by atoms with E-state index in [-0.39, 0.29) is 34.2 Å². The molecule has 0 aliphatic carbocycles. The summed E-state index contributed by atoms with van der Waals surface area (Å²) in [7, 11) is -2.72. The van der Waals surface area contributed by atoms with Crippen molar-refractivity contribution in [2.24, 2.45) is 11.8 Å². The average Bonchev–Trinajstić information content (AvgIpc) is 3.30. The molecule has 0 aromatic rings. The number of hydrogen-bond acceptors (Lipinski definition) is 8. The number of rotatable bonds is 14. The van der Waals surface area contributed by atoms with Crippen molar-refractivity contribution in [1.82, 2.24) is 0 Å². The Balaban J connectivity index is 2.30. The molecule has 250 valence electrons. The lowest BCUT2D eigenvalue weighted by Gasteiger charge is -2.52. The zero-order chi connectivity index (χ0) is 33.0. The Morgan fingerprint density at radius 2 is 1.70 bits per heavy atom. The van der Waals surface area contributed by atoms with Crippen LogP contribution in [0.2, 0.25) is 36.3 Å². The van der Waals surface area contributed by atoms with E-state index in [2.05, 4.69) is 81.2 Å². The molecule has 0 spiro atoms. The van der Waals surface area contributed by atoms with Crippen molar-refractivity contribution >= 4 is 28.9 Å². The van der Waals surface area contributed by atoms with Crippen LogP contribution in [0.3, 0.4) is 0 Å². The molecular weight excluding hydrogens is 581 g/mol. The van der Waals surface area contributed by atoms with Crippen LogP contribution in [0.25, 0.3) is 0 Å². The highest BCUT2D eigenvalue weighted by molar-refractivity contribution is 6.74. The summed E-state index contributed by atoms with van der Waals surface area (Å²) in [4.78, 5) is 24.7. The van der Waals surface area contributed by atoms with E-state index in [1.165, 1.54) is 0 Å². The van der Waals surface area contributed by atoms with E-state index in [9.17, 15) is 9.59 Å². The number of hydrogen-bond donors (Lipinski definition) is 0. The summed E-state index contributed by atoms with van der Waals surface area (Å²) in [6.45, 7) is 30.6. The number of ether oxygens (including phenoxy) is 4. The molecule has 10 heteroatoms. The van der Waals surface area contributed by atoms with Gasteiger partial charge in [0.05, 0.1) is 18.6 Å². The van der Waals surface area contributed by atoms with Gasteiger partial charge in [-0.2, -0.15) is 0 Å². The summed E-state index contributed by atoms with van der Waals surface area (Å²) >= 11 is 0. The van der Waals surface area contributed by atoms with Crippen molar-refractivity contribution in [3.05, 3.63) is 12.7 Å². The molecule has 0 saturated carbocycles. The largest absolute Gasteiger partial charge is 0.459 e. The van der Waals surface area contributed by atoms with E-state index in [1.807, 2.05) is 6.92 Å². The summed E-state index contributed by atoms with van der Waals surface area (Å²) in [5.74, 6) is -1.80. The number of esters is 1. The Morgan fingerprint density at radius 1 is 1.09 bits per heavy atom. The van der Waals surface area contributed by atoms with E-state index in [1.54, 1.807) is 13.2 Å². The van der Waals surface area contributed by atoms with E-state index in [0.717, 1.165) is 12.7 Å². The molecule has 2 saturated heterocycles. The van der Waals surface area contributed by atoms with Gasteiger partial charge in [-0.15, -0.1) is 6.58 Å². The molecule has 0 radical (unpaired) electrons. The van der Waals surface area contributed by atoms with Crippen LogP contribution in [-0.2, 0) is 37.4 Å². The molecule has 0 aromatic carbocycles. The van der Waals surface area contributed by atoms with Gasteiger partial charge in [-0.1, -0.05) is 54.5 Å². The van der Waals surface area contributed by atoms with E-state index < -0.39 is 46.7 Å². The van der Waals surface area contributed by atoms with Gasteiger partial charge in [-0.25, -0.2) is 0 Å². The fourth-order valence-corrected chi connectivity index (χ4v) is 8.16. The molecule has 8 nitrogen and oxygen atoms in total. The van der Waals surface area contributed by atoms with Gasteiger partial charge in [0, 0.05) is 20.0 Å². The fraction of sp³-hybridized carbons (Fsp3) is 0.879. The van der Waals surface area contributed by atoms with Gasteiger partial charge in [0.1, 0.15) is 30.7 Å². The molecule has 2 fully saturated rings. The number of unbranched alkanes of at least 4 members (excludes halogenated alkanes) is 1. The van der Waals surface area contributed by atoms with Crippen molar-refractivity contribution in [2.75, 3.05) is 13.7 Å². The molecular formula is C33H62O8Si2. The van der Waals surface area contributed by atoms with Crippen LogP contribution in [0.4, 0.5) is 0 Å². The van der Waals surface area contributed by atoms with Gasteiger partial charge in [-0.05, 0) is 68.4 Å². The SMILES string of the molecule is C=C[C@H]1O[C@H]([C@@]2(OC)OCC[C@@H](C)[C@H]2O[Si](C)(C)C(C)(C)C)C[C@H]1OC(=O)[C@H](C)[C@H](CCCC=O)O[Si](C)(C)C(C)(C)C. The maximum absolute atomic E-state index is 13.7. The van der Waals surface area contributed by atoms with Crippen molar-refractivity contribution in [2.45, 2.75) is 160 Å². The monoisotopic (exact) mass is 642 g/mol. The summed E-state index contributed by atoms with van der Waals surface area (Å²) in [6.07, 6.45) is 3.30. The lowest BCUT2D eigenvalue weighted by molar-refractivity contribution is -0.336. The minimum atomic E-state index is -2.19. The Bertz CT molecular complexity index is 940. The third-order valence-corrected chi connectivity index (χ3v) is 19.4. The Labute approximate surface area is 264 Å². The first-order chi connectivity index (χ1) is 19.7. The third-order valence-electron chi connectivity index (χ3n) is 10.4. The van der Waals surface area contributed by atoms with Crippen LogP contribution in [0.5, 0.6) is 0 Å². The van der Waals surface area contributed by atoms with Gasteiger partial charge in [-0.3, -0.25) is 4.79 Å². The normalized spacial score (nSPS) is 30.5. The van der Waals surface area contributed by atoms with E-state index >= 15 is 0 Å². The molecule has 2 heterocycles. The first-order valence-corrected chi connectivity index (χ1v) is 22.0. The molecule has 2 rings (SSSR count). The zero-order valence-electron chi connectivity index (χ0n) is 29.4. The first kappa shape index (κ1) is 38.3. The number of carbonyl (C=O) groups is 2. The second kappa shape index (κ2) is 14.7. The quantitative estimate of drug-likeness (QED) is 0.0636. The van der Waals surface area contributed by atoms with Crippen LogP contribution in [0, 0.1) is 11.8 Å². The molecule has 2 aliphatic rings. The van der Waals surface area contributed by atoms with E-state index in [4.69, 9.17) is 27.8 Å². The second-order valence-corrected chi connectivity index (χ2v) is 25.2. The van der Waals surface area contributed by atoms with Crippen molar-refractivity contribution in [3.63, 3.8) is 0 Å². The topological polar surface area (TPSA) is 89.5 Å². The Kier molecular flexibility index (Phi) is 13.1. The highest BCUT2D eigenvalue weighted by atomic mass is 28.4. The molecule has 0 amide bonds. The molecule has 8 atom stereocenters. The van der Waals surface area contributed by atoms with Crippen LogP contribution < -0.4 is 0 Å². The minimum absolute atomic E-state index is 0.00673. The molecule has 0 aromatic heterocycles. The predicted octanol–water partition coefficient (Wildman–Crippen LogP) is 7.43. The van der Waals surface area contributed by atoms with Gasteiger partial charge in [0.25, 0.3) is 0 Å². The minimum Gasteiger partial charge on any atom is -0.459 e. The Morgan fingerprint density at radius 3 is 2.21 bits per heavy atom. The number of methoxy groups -OCH3 is 1. The molecule has 0 bridgehead atoms. The highest BCUT2D eigenvalue weighted by Gasteiger charge is 2.59. The maximum atomic E-state index is 13.7. The smallest absolute Gasteiger partial charge is 0.311 e. The first-order valence-electron chi connectivity index (χ1n) is 16.1. The van der Waals surface area contributed by atoms with Crippen LogP contribution in [0.1, 0.15) is 87.5 Å². The van der Waals surface area contributed by atoms with E-state index in [0.29, 0.717) is 32.3 Å². The van der Waals surface area contributed by atoms with Crippen LogP contribution in [0.15, 0.2) is 12.7 Å². The highest BCUT2D eigenvalue weighted by Crippen LogP contribution is 2.46. The van der Waals surface area contributed by atoms with Crippen molar-refractivity contribution in [3.8, 4) is 0 Å². The Hall–Kier alpha value is -0.886. The summed E-state index contributed by atoms with van der Waals surface area (Å²) in [6, 6.07) is 0. The molecule has 43 heavy (non-hydrogen) atoms.